The summed E-state index contributed by atoms with van der Waals surface area (Å²) in [6.07, 6.45) is 0. The summed E-state index contributed by atoms with van der Waals surface area (Å²) in [7, 11) is 1.82. The number of rotatable bonds is 5. The maximum Gasteiger partial charge on any atom is 0.239 e. The molecule has 0 aliphatic heterocycles. The molecule has 0 aromatic heterocycles. The summed E-state index contributed by atoms with van der Waals surface area (Å²) < 4.78 is 1.07. The average Bonchev–Trinajstić information content (AvgIpc) is 2.35. The molecule has 94 valence electrons. The van der Waals surface area contributed by atoms with E-state index in [9.17, 15) is 4.79 Å². The maximum atomic E-state index is 11.8. The Balaban J connectivity index is 2.45. The van der Waals surface area contributed by atoms with Crippen LogP contribution in [-0.2, 0) is 11.3 Å². The van der Waals surface area contributed by atoms with Gasteiger partial charge in [0.2, 0.25) is 5.91 Å². The molecule has 0 saturated carbocycles. The lowest BCUT2D eigenvalue weighted by Gasteiger charge is -2.20. The molecule has 1 aromatic carbocycles. The first-order valence-electron chi connectivity index (χ1n) is 5.77. The summed E-state index contributed by atoms with van der Waals surface area (Å²) in [5.74, 6) is 0.129. The van der Waals surface area contributed by atoms with E-state index in [4.69, 9.17) is 0 Å². The van der Waals surface area contributed by atoms with Crippen molar-refractivity contribution in [3.05, 3.63) is 34.3 Å². The van der Waals surface area contributed by atoms with Crippen LogP contribution >= 0.6 is 15.9 Å². The van der Waals surface area contributed by atoms with Crippen LogP contribution in [0.3, 0.4) is 0 Å². The quantitative estimate of drug-likeness (QED) is 0.905. The molecule has 0 bridgehead atoms. The van der Waals surface area contributed by atoms with Gasteiger partial charge in [0.15, 0.2) is 0 Å². The van der Waals surface area contributed by atoms with Crippen molar-refractivity contribution in [2.24, 2.45) is 0 Å². The lowest BCUT2D eigenvalue weighted by molar-refractivity contribution is -0.131. The van der Waals surface area contributed by atoms with Gasteiger partial charge < -0.3 is 10.2 Å². The van der Waals surface area contributed by atoms with Crippen molar-refractivity contribution in [1.29, 1.82) is 0 Å². The molecule has 0 aliphatic rings. The first-order valence-corrected chi connectivity index (χ1v) is 6.56. The number of benzene rings is 1. The highest BCUT2D eigenvalue weighted by atomic mass is 79.9. The number of nitrogens with one attached hydrogen (secondary N) is 1. The van der Waals surface area contributed by atoms with Crippen molar-refractivity contribution in [1.82, 2.24) is 10.2 Å². The van der Waals surface area contributed by atoms with Crippen LogP contribution in [0.1, 0.15) is 19.4 Å². The Bertz CT molecular complexity index is 364. The number of carbonyl (C=O) groups is 1. The van der Waals surface area contributed by atoms with E-state index in [1.807, 2.05) is 45.2 Å². The van der Waals surface area contributed by atoms with Crippen LogP contribution < -0.4 is 5.32 Å². The van der Waals surface area contributed by atoms with E-state index in [2.05, 4.69) is 21.2 Å². The SMILES string of the molecule is CCN(C)C(=O)C(C)NCc1ccc(Br)cc1. The van der Waals surface area contributed by atoms with E-state index >= 15 is 0 Å². The number of hydrogen-bond acceptors (Lipinski definition) is 2. The average molecular weight is 299 g/mol. The molecule has 4 heteroatoms. The fraction of sp³-hybridized carbons (Fsp3) is 0.462. The monoisotopic (exact) mass is 298 g/mol. The Morgan fingerprint density at radius 1 is 1.41 bits per heavy atom. The van der Waals surface area contributed by atoms with Crippen LogP contribution in [0, 0.1) is 0 Å². The summed E-state index contributed by atoms with van der Waals surface area (Å²) in [5, 5.41) is 3.23. The predicted molar refractivity (Wildman–Crippen MR) is 73.8 cm³/mol. The van der Waals surface area contributed by atoms with Gasteiger partial charge in [-0.1, -0.05) is 28.1 Å². The summed E-state index contributed by atoms with van der Waals surface area (Å²) in [6.45, 7) is 5.31. The van der Waals surface area contributed by atoms with Gasteiger partial charge in [-0.25, -0.2) is 0 Å². The lowest BCUT2D eigenvalue weighted by Crippen LogP contribution is -2.42. The molecule has 1 N–H and O–H groups in total. The van der Waals surface area contributed by atoms with Gasteiger partial charge in [0.25, 0.3) is 0 Å². The first kappa shape index (κ1) is 14.2. The number of nitrogens with zero attached hydrogens (tertiary/aromatic N) is 1. The minimum absolute atomic E-state index is 0.129. The molecule has 1 unspecified atom stereocenters. The van der Waals surface area contributed by atoms with Crippen LogP contribution in [0.2, 0.25) is 0 Å². The van der Waals surface area contributed by atoms with Crippen molar-refractivity contribution in [2.45, 2.75) is 26.4 Å². The number of hydrogen-bond donors (Lipinski definition) is 1. The number of carbonyl (C=O) groups excluding carboxylic acids is 1. The Labute approximate surface area is 111 Å². The minimum atomic E-state index is -0.149. The Morgan fingerprint density at radius 2 is 2.00 bits per heavy atom. The molecule has 0 spiro atoms. The highest BCUT2D eigenvalue weighted by Gasteiger charge is 2.15. The molecular formula is C13H19BrN2O. The highest BCUT2D eigenvalue weighted by Crippen LogP contribution is 2.10. The van der Waals surface area contributed by atoms with Crippen molar-refractivity contribution in [3.63, 3.8) is 0 Å². The fourth-order valence-electron chi connectivity index (χ4n) is 1.45. The van der Waals surface area contributed by atoms with Crippen LogP contribution in [-0.4, -0.2) is 30.4 Å². The molecule has 1 aromatic rings. The van der Waals surface area contributed by atoms with E-state index in [0.717, 1.165) is 11.0 Å². The van der Waals surface area contributed by atoms with Gasteiger partial charge in [-0.3, -0.25) is 4.79 Å². The Hall–Kier alpha value is -0.870. The minimum Gasteiger partial charge on any atom is -0.345 e. The van der Waals surface area contributed by atoms with E-state index in [1.165, 1.54) is 5.56 Å². The van der Waals surface area contributed by atoms with Crippen molar-refractivity contribution < 1.29 is 4.79 Å². The predicted octanol–water partition coefficient (Wildman–Crippen LogP) is 2.41. The second-order valence-corrected chi connectivity index (χ2v) is 5.00. The second-order valence-electron chi connectivity index (χ2n) is 4.08. The first-order chi connectivity index (χ1) is 8.04. The molecule has 1 amide bonds. The molecule has 0 fully saturated rings. The number of halogens is 1. The van der Waals surface area contributed by atoms with Crippen molar-refractivity contribution in [2.75, 3.05) is 13.6 Å². The normalized spacial score (nSPS) is 12.2. The van der Waals surface area contributed by atoms with Gasteiger partial charge in [-0.15, -0.1) is 0 Å². The largest absolute Gasteiger partial charge is 0.345 e. The van der Waals surface area contributed by atoms with Gasteiger partial charge in [-0.2, -0.15) is 0 Å². The van der Waals surface area contributed by atoms with Crippen LogP contribution in [0.5, 0.6) is 0 Å². The lowest BCUT2D eigenvalue weighted by atomic mass is 10.2. The zero-order valence-corrected chi connectivity index (χ0v) is 12.1. The molecule has 0 radical (unpaired) electrons. The second kappa shape index (κ2) is 6.77. The smallest absolute Gasteiger partial charge is 0.239 e. The molecule has 17 heavy (non-hydrogen) atoms. The van der Waals surface area contributed by atoms with Gasteiger partial charge in [0.1, 0.15) is 0 Å². The molecule has 3 nitrogen and oxygen atoms in total. The van der Waals surface area contributed by atoms with E-state index in [-0.39, 0.29) is 11.9 Å². The third-order valence-corrected chi connectivity index (χ3v) is 3.28. The van der Waals surface area contributed by atoms with E-state index in [1.54, 1.807) is 4.90 Å². The standard InChI is InChI=1S/C13H19BrN2O/c1-4-16(3)13(17)10(2)15-9-11-5-7-12(14)8-6-11/h5-8,10,15H,4,9H2,1-3H3. The van der Waals surface area contributed by atoms with Crippen molar-refractivity contribution in [3.8, 4) is 0 Å². The van der Waals surface area contributed by atoms with Crippen LogP contribution in [0.15, 0.2) is 28.7 Å². The summed E-state index contributed by atoms with van der Waals surface area (Å²) in [5.41, 5.74) is 1.17. The number of amides is 1. The molecule has 1 atom stereocenters. The zero-order chi connectivity index (χ0) is 12.8. The molecular weight excluding hydrogens is 280 g/mol. The summed E-state index contributed by atoms with van der Waals surface area (Å²) in [6, 6.07) is 7.93. The van der Waals surface area contributed by atoms with Crippen LogP contribution in [0.4, 0.5) is 0 Å². The summed E-state index contributed by atoms with van der Waals surface area (Å²) in [4.78, 5) is 13.5. The third kappa shape index (κ3) is 4.48. The highest BCUT2D eigenvalue weighted by molar-refractivity contribution is 9.10. The van der Waals surface area contributed by atoms with E-state index in [0.29, 0.717) is 6.54 Å². The zero-order valence-electron chi connectivity index (χ0n) is 10.5. The van der Waals surface area contributed by atoms with Gasteiger partial charge >= 0.3 is 0 Å². The van der Waals surface area contributed by atoms with Gasteiger partial charge in [0, 0.05) is 24.6 Å². The topological polar surface area (TPSA) is 32.3 Å². The Kier molecular flexibility index (Phi) is 5.65. The molecule has 0 heterocycles. The van der Waals surface area contributed by atoms with Gasteiger partial charge in [-0.05, 0) is 31.5 Å². The maximum absolute atomic E-state index is 11.8. The van der Waals surface area contributed by atoms with Crippen molar-refractivity contribution >= 4 is 21.8 Å². The fourth-order valence-corrected chi connectivity index (χ4v) is 1.71. The third-order valence-electron chi connectivity index (χ3n) is 2.75. The molecule has 1 rings (SSSR count). The van der Waals surface area contributed by atoms with Gasteiger partial charge in [0.05, 0.1) is 6.04 Å². The van der Waals surface area contributed by atoms with E-state index < -0.39 is 0 Å². The van der Waals surface area contributed by atoms with Crippen LogP contribution in [0.25, 0.3) is 0 Å². The summed E-state index contributed by atoms with van der Waals surface area (Å²) >= 11 is 3.40. The molecule has 0 aliphatic carbocycles. The molecule has 0 saturated heterocycles. The number of likely N-dealkylation sites (N-methyl/N-ethyl adjacent to an activating group) is 1. The Morgan fingerprint density at radius 3 is 2.53 bits per heavy atom.